The van der Waals surface area contributed by atoms with Crippen molar-refractivity contribution in [3.63, 3.8) is 0 Å². The average Bonchev–Trinajstić information content (AvgIpc) is 2.71. The Hall–Kier alpha value is -3.20. The zero-order valence-electron chi connectivity index (χ0n) is 15.2. The average molecular weight is 497 g/mol. The van der Waals surface area contributed by atoms with E-state index in [1.165, 1.54) is 12.3 Å². The smallest absolute Gasteiger partial charge is 0.258 e. The molecule has 0 radical (unpaired) electrons. The van der Waals surface area contributed by atoms with Crippen molar-refractivity contribution in [2.45, 2.75) is 6.54 Å². The number of aliphatic imine (C=N–C) groups is 1. The third-order valence-corrected chi connectivity index (χ3v) is 5.19. The van der Waals surface area contributed by atoms with Gasteiger partial charge in [0.05, 0.1) is 12.1 Å². The second-order valence-electron chi connectivity index (χ2n) is 6.45. The van der Waals surface area contributed by atoms with Gasteiger partial charge >= 0.3 is 0 Å². The summed E-state index contributed by atoms with van der Waals surface area (Å²) in [6.45, 7) is 0.273. The van der Waals surface area contributed by atoms with Crippen LogP contribution in [0.25, 0.3) is 16.5 Å². The number of halogens is 1. The molecule has 144 valence electrons. The lowest BCUT2D eigenvalue weighted by Gasteiger charge is -2.06. The van der Waals surface area contributed by atoms with Gasteiger partial charge in [-0.1, -0.05) is 18.2 Å². The number of aromatic hydroxyl groups is 1. The number of H-pyrrole nitrogens is 1. The molecule has 2 aromatic heterocycles. The highest BCUT2D eigenvalue weighted by Crippen LogP contribution is 2.22. The molecule has 29 heavy (non-hydrogen) atoms. The summed E-state index contributed by atoms with van der Waals surface area (Å²) in [7, 11) is 0. The van der Waals surface area contributed by atoms with Crippen molar-refractivity contribution < 1.29 is 5.11 Å². The fourth-order valence-corrected chi connectivity index (χ4v) is 3.59. The van der Waals surface area contributed by atoms with E-state index in [1.54, 1.807) is 16.8 Å². The van der Waals surface area contributed by atoms with Crippen molar-refractivity contribution >= 4 is 39.6 Å². The molecule has 4 aromatic rings. The Morgan fingerprint density at radius 1 is 1.03 bits per heavy atom. The molecule has 0 spiro atoms. The molecule has 7 heteroatoms. The highest BCUT2D eigenvalue weighted by atomic mass is 127. The van der Waals surface area contributed by atoms with Crippen LogP contribution in [0.2, 0.25) is 0 Å². The zero-order chi connectivity index (χ0) is 20.4. The summed E-state index contributed by atoms with van der Waals surface area (Å²) in [5.41, 5.74) is 1.50. The normalized spacial score (nSPS) is 11.3. The van der Waals surface area contributed by atoms with Crippen LogP contribution < -0.4 is 11.1 Å². The van der Waals surface area contributed by atoms with Gasteiger partial charge in [0.25, 0.3) is 11.1 Å². The van der Waals surface area contributed by atoms with Gasteiger partial charge in [0, 0.05) is 38.5 Å². The van der Waals surface area contributed by atoms with E-state index in [9.17, 15) is 14.7 Å². The van der Waals surface area contributed by atoms with Crippen LogP contribution in [0.15, 0.2) is 81.4 Å². The number of nitrogens with one attached hydrogen (secondary N) is 1. The number of benzene rings is 2. The zero-order valence-corrected chi connectivity index (χ0v) is 17.3. The molecular weight excluding hydrogens is 481 g/mol. The first-order valence-corrected chi connectivity index (χ1v) is 9.92. The number of para-hydroxylation sites is 1. The van der Waals surface area contributed by atoms with E-state index in [0.29, 0.717) is 16.3 Å². The number of pyridine rings is 2. The van der Waals surface area contributed by atoms with Gasteiger partial charge in [-0.2, -0.15) is 0 Å². The Labute approximate surface area is 179 Å². The molecule has 0 aliphatic carbocycles. The molecule has 0 amide bonds. The van der Waals surface area contributed by atoms with Gasteiger partial charge in [0.1, 0.15) is 0 Å². The molecule has 0 saturated heterocycles. The Balaban J connectivity index is 1.63. The summed E-state index contributed by atoms with van der Waals surface area (Å²) in [4.78, 5) is 31.3. The molecule has 0 saturated carbocycles. The van der Waals surface area contributed by atoms with E-state index in [2.05, 4.69) is 32.6 Å². The first-order valence-electron chi connectivity index (χ1n) is 8.84. The van der Waals surface area contributed by atoms with Gasteiger partial charge < -0.3 is 5.11 Å². The van der Waals surface area contributed by atoms with Crippen LogP contribution in [0.1, 0.15) is 11.1 Å². The largest absolute Gasteiger partial charge is 0.494 e. The minimum atomic E-state index is -0.351. The third kappa shape index (κ3) is 4.00. The predicted octanol–water partition coefficient (Wildman–Crippen LogP) is 3.61. The number of fused-ring (bicyclic) bond motifs is 1. The molecule has 0 bridgehead atoms. The van der Waals surface area contributed by atoms with Gasteiger partial charge in [-0.25, -0.2) is 0 Å². The molecule has 2 aromatic carbocycles. The minimum absolute atomic E-state index is 0.143. The third-order valence-electron chi connectivity index (χ3n) is 4.52. The van der Waals surface area contributed by atoms with Crippen molar-refractivity contribution in [2.24, 2.45) is 4.99 Å². The molecule has 4 rings (SSSR count). The maximum absolute atomic E-state index is 12.4. The van der Waals surface area contributed by atoms with E-state index in [4.69, 9.17) is 0 Å². The summed E-state index contributed by atoms with van der Waals surface area (Å²) in [5, 5.41) is 11.3. The van der Waals surface area contributed by atoms with E-state index in [-0.39, 0.29) is 23.5 Å². The van der Waals surface area contributed by atoms with Crippen molar-refractivity contribution in [3.05, 3.63) is 102 Å². The van der Waals surface area contributed by atoms with Crippen molar-refractivity contribution in [1.82, 2.24) is 9.55 Å². The van der Waals surface area contributed by atoms with E-state index in [0.717, 1.165) is 14.8 Å². The lowest BCUT2D eigenvalue weighted by atomic mass is 10.1. The maximum Gasteiger partial charge on any atom is 0.258 e. The van der Waals surface area contributed by atoms with Gasteiger partial charge in [-0.3, -0.25) is 24.1 Å². The van der Waals surface area contributed by atoms with Crippen molar-refractivity contribution in [2.75, 3.05) is 0 Å². The van der Waals surface area contributed by atoms with E-state index < -0.39 is 0 Å². The number of hydrogen-bond donors (Lipinski definition) is 2. The highest BCUT2D eigenvalue weighted by molar-refractivity contribution is 14.1. The molecule has 0 unspecified atom stereocenters. The Morgan fingerprint density at radius 2 is 1.83 bits per heavy atom. The maximum atomic E-state index is 12.4. The predicted molar refractivity (Wildman–Crippen MR) is 122 cm³/mol. The summed E-state index contributed by atoms with van der Waals surface area (Å²) in [6, 6.07) is 18.1. The standard InChI is InChI=1S/C22H16IN3O3/c23-15-6-7-17-18(11-15)19(22(29)25-21(17)28)13-24-12-14-8-9-26(20(27)10-14)16-4-2-1-3-5-16/h1-11,13H,12H2,(H2,25,28,29). The Morgan fingerprint density at radius 3 is 2.59 bits per heavy atom. The summed E-state index contributed by atoms with van der Waals surface area (Å²) >= 11 is 2.15. The summed E-state index contributed by atoms with van der Waals surface area (Å²) in [6.07, 6.45) is 3.24. The van der Waals surface area contributed by atoms with Gasteiger partial charge in [0.2, 0.25) is 5.88 Å². The second kappa shape index (κ2) is 8.04. The number of nitrogens with zero attached hydrogens (tertiary/aromatic N) is 2. The number of rotatable bonds is 4. The monoisotopic (exact) mass is 497 g/mol. The highest BCUT2D eigenvalue weighted by Gasteiger charge is 2.09. The molecule has 0 fully saturated rings. The lowest BCUT2D eigenvalue weighted by Crippen LogP contribution is -2.17. The van der Waals surface area contributed by atoms with Crippen LogP contribution in [0, 0.1) is 3.57 Å². The topological polar surface area (TPSA) is 87.4 Å². The Kier molecular flexibility index (Phi) is 5.30. The fraction of sp³-hybridized carbons (Fsp3) is 0.0455. The van der Waals surface area contributed by atoms with E-state index in [1.807, 2.05) is 48.5 Å². The van der Waals surface area contributed by atoms with Crippen LogP contribution in [0.3, 0.4) is 0 Å². The van der Waals surface area contributed by atoms with Crippen molar-refractivity contribution in [1.29, 1.82) is 0 Å². The molecule has 0 atom stereocenters. The Bertz CT molecular complexity index is 1340. The fourth-order valence-electron chi connectivity index (χ4n) is 3.10. The molecule has 2 N–H and O–H groups in total. The van der Waals surface area contributed by atoms with Gasteiger partial charge in [0.15, 0.2) is 0 Å². The van der Waals surface area contributed by atoms with Crippen LogP contribution in [0.5, 0.6) is 5.88 Å². The second-order valence-corrected chi connectivity index (χ2v) is 7.70. The first kappa shape index (κ1) is 19.1. The SMILES string of the molecule is O=c1[nH]c(O)c(C=NCc2ccn(-c3ccccc3)c(=O)c2)c2cc(I)ccc12. The van der Waals surface area contributed by atoms with Gasteiger partial charge in [-0.15, -0.1) is 0 Å². The summed E-state index contributed by atoms with van der Waals surface area (Å²) in [5.74, 6) is -0.229. The van der Waals surface area contributed by atoms with E-state index >= 15 is 0 Å². The van der Waals surface area contributed by atoms with Crippen LogP contribution in [-0.2, 0) is 6.54 Å². The van der Waals surface area contributed by atoms with Gasteiger partial charge in [-0.05, 0) is 64.6 Å². The number of aromatic amines is 1. The minimum Gasteiger partial charge on any atom is -0.494 e. The molecule has 2 heterocycles. The molecule has 6 nitrogen and oxygen atoms in total. The number of hydrogen-bond acceptors (Lipinski definition) is 4. The molecule has 0 aliphatic heterocycles. The molecule has 0 aliphatic rings. The van der Waals surface area contributed by atoms with Crippen molar-refractivity contribution in [3.8, 4) is 11.6 Å². The quantitative estimate of drug-likeness (QED) is 0.334. The first-order chi connectivity index (χ1) is 14.0. The molecular formula is C22H16IN3O3. The van der Waals surface area contributed by atoms with Crippen LogP contribution in [0.4, 0.5) is 0 Å². The van der Waals surface area contributed by atoms with Crippen LogP contribution in [-0.4, -0.2) is 20.9 Å². The lowest BCUT2D eigenvalue weighted by molar-refractivity contribution is 0.452. The number of aromatic nitrogens is 2. The summed E-state index contributed by atoms with van der Waals surface area (Å²) < 4.78 is 2.51. The van der Waals surface area contributed by atoms with Crippen LogP contribution >= 0.6 is 22.6 Å².